The summed E-state index contributed by atoms with van der Waals surface area (Å²) in [4.78, 5) is 12.8. The van der Waals surface area contributed by atoms with Gasteiger partial charge in [0, 0.05) is 23.6 Å². The van der Waals surface area contributed by atoms with Crippen LogP contribution in [0, 0.1) is 10.1 Å². The highest BCUT2D eigenvalue weighted by molar-refractivity contribution is 9.10. The number of nitro groups is 1. The second kappa shape index (κ2) is 7.33. The molecule has 0 aromatic heterocycles. The van der Waals surface area contributed by atoms with Crippen LogP contribution in [0.25, 0.3) is 0 Å². The molecule has 0 heterocycles. The number of rotatable bonds is 7. The molecule has 1 rings (SSSR count). The molecule has 0 aliphatic rings. The Bertz CT molecular complexity index is 408. The summed E-state index contributed by atoms with van der Waals surface area (Å²) in [5.41, 5.74) is 0.666. The van der Waals surface area contributed by atoms with Crippen LogP contribution in [-0.2, 0) is 0 Å². The summed E-state index contributed by atoms with van der Waals surface area (Å²) in [5, 5.41) is 14.0. The zero-order chi connectivity index (χ0) is 13.5. The van der Waals surface area contributed by atoms with Crippen LogP contribution in [0.2, 0.25) is 0 Å². The average molecular weight is 316 g/mol. The van der Waals surface area contributed by atoms with E-state index in [-0.39, 0.29) is 10.6 Å². The molecule has 1 N–H and O–H groups in total. The fraction of sp³-hybridized carbons (Fsp3) is 0.500. The zero-order valence-electron chi connectivity index (χ0n) is 10.6. The van der Waals surface area contributed by atoms with Crippen molar-refractivity contribution < 1.29 is 4.92 Å². The third-order valence-electron chi connectivity index (χ3n) is 2.79. The highest BCUT2D eigenvalue weighted by atomic mass is 79.9. The van der Waals surface area contributed by atoms with Gasteiger partial charge in [0.05, 0.1) is 4.92 Å². The van der Waals surface area contributed by atoms with Gasteiger partial charge in [-0.3, -0.25) is 10.1 Å². The molecule has 0 aliphatic heterocycles. The van der Waals surface area contributed by atoms with E-state index < -0.39 is 0 Å². The molecule has 1 aromatic rings. The summed E-state index contributed by atoms with van der Waals surface area (Å²) < 4.78 is 0.832. The van der Waals surface area contributed by atoms with Gasteiger partial charge in [-0.05, 0) is 25.2 Å². The van der Waals surface area contributed by atoms with E-state index in [9.17, 15) is 10.1 Å². The Balaban J connectivity index is 2.66. The van der Waals surface area contributed by atoms with Crippen LogP contribution in [0.1, 0.15) is 13.8 Å². The summed E-state index contributed by atoms with van der Waals surface area (Å²) in [5.74, 6) is 0. The Morgan fingerprint density at radius 2 is 2.06 bits per heavy atom. The first kappa shape index (κ1) is 14.9. The number of nitrogens with zero attached hydrogens (tertiary/aromatic N) is 2. The predicted octanol–water partition coefficient (Wildman–Crippen LogP) is 3.11. The molecule has 100 valence electrons. The van der Waals surface area contributed by atoms with E-state index in [1.807, 2.05) is 0 Å². The second-order valence-corrected chi connectivity index (χ2v) is 4.79. The van der Waals surface area contributed by atoms with Crippen LogP contribution in [0.5, 0.6) is 0 Å². The number of hydrogen-bond acceptors (Lipinski definition) is 4. The first-order valence-electron chi connectivity index (χ1n) is 5.98. The monoisotopic (exact) mass is 315 g/mol. The van der Waals surface area contributed by atoms with Crippen LogP contribution in [0.4, 0.5) is 11.4 Å². The smallest absolute Gasteiger partial charge is 0.292 e. The maximum absolute atomic E-state index is 10.9. The fourth-order valence-corrected chi connectivity index (χ4v) is 2.06. The van der Waals surface area contributed by atoms with Crippen molar-refractivity contribution in [1.29, 1.82) is 0 Å². The molecule has 0 radical (unpaired) electrons. The van der Waals surface area contributed by atoms with Crippen LogP contribution in [-0.4, -0.2) is 36.0 Å². The quantitative estimate of drug-likeness (QED) is 0.620. The highest BCUT2D eigenvalue weighted by Gasteiger charge is 2.13. The van der Waals surface area contributed by atoms with Crippen LogP contribution < -0.4 is 5.32 Å². The van der Waals surface area contributed by atoms with E-state index >= 15 is 0 Å². The molecule has 0 bridgehead atoms. The molecule has 0 fully saturated rings. The summed E-state index contributed by atoms with van der Waals surface area (Å²) in [6.07, 6.45) is 0. The van der Waals surface area contributed by atoms with Crippen LogP contribution >= 0.6 is 15.9 Å². The number of nitro benzene ring substituents is 1. The molecule has 0 saturated heterocycles. The third kappa shape index (κ3) is 4.27. The van der Waals surface area contributed by atoms with Gasteiger partial charge in [0.1, 0.15) is 5.69 Å². The zero-order valence-corrected chi connectivity index (χ0v) is 12.2. The molecule has 0 unspecified atom stereocenters. The number of nitrogens with one attached hydrogen (secondary N) is 1. The molecular formula is C12H18BrN3O2. The lowest BCUT2D eigenvalue weighted by molar-refractivity contribution is -0.384. The Labute approximate surface area is 115 Å². The normalized spacial score (nSPS) is 10.7. The molecule has 5 nitrogen and oxygen atoms in total. The van der Waals surface area contributed by atoms with E-state index in [2.05, 4.69) is 40.0 Å². The third-order valence-corrected chi connectivity index (χ3v) is 3.29. The largest absolute Gasteiger partial charge is 0.378 e. The van der Waals surface area contributed by atoms with Gasteiger partial charge < -0.3 is 10.2 Å². The van der Waals surface area contributed by atoms with Crippen molar-refractivity contribution in [3.63, 3.8) is 0 Å². The van der Waals surface area contributed by atoms with Crippen molar-refractivity contribution in [2.24, 2.45) is 0 Å². The summed E-state index contributed by atoms with van der Waals surface area (Å²) in [6, 6.07) is 4.91. The molecule has 0 aliphatic carbocycles. The molecule has 0 atom stereocenters. The molecule has 18 heavy (non-hydrogen) atoms. The van der Waals surface area contributed by atoms with E-state index in [4.69, 9.17) is 0 Å². The summed E-state index contributed by atoms with van der Waals surface area (Å²) >= 11 is 3.32. The van der Waals surface area contributed by atoms with Gasteiger partial charge >= 0.3 is 0 Å². The average Bonchev–Trinajstić information content (AvgIpc) is 2.34. The van der Waals surface area contributed by atoms with Crippen molar-refractivity contribution in [3.8, 4) is 0 Å². The topological polar surface area (TPSA) is 58.4 Å². The van der Waals surface area contributed by atoms with Gasteiger partial charge in [-0.15, -0.1) is 0 Å². The molecule has 1 aromatic carbocycles. The first-order chi connectivity index (χ1) is 8.58. The molecule has 6 heteroatoms. The lowest BCUT2D eigenvalue weighted by atomic mass is 10.2. The number of benzene rings is 1. The standard InChI is InChI=1S/C12H18BrN3O2/c1-3-15(4-2)8-7-14-11-9-10(13)5-6-12(11)16(17)18/h5-6,9,14H,3-4,7-8H2,1-2H3. The molecular weight excluding hydrogens is 298 g/mol. The molecule has 0 saturated carbocycles. The lowest BCUT2D eigenvalue weighted by Crippen LogP contribution is -2.28. The van der Waals surface area contributed by atoms with Crippen molar-refractivity contribution in [3.05, 3.63) is 32.8 Å². The van der Waals surface area contributed by atoms with Gasteiger partial charge in [0.2, 0.25) is 0 Å². The minimum Gasteiger partial charge on any atom is -0.378 e. The maximum atomic E-state index is 10.9. The minimum atomic E-state index is -0.369. The van der Waals surface area contributed by atoms with Gasteiger partial charge in [-0.25, -0.2) is 0 Å². The Hall–Kier alpha value is -1.14. The second-order valence-electron chi connectivity index (χ2n) is 3.87. The van der Waals surface area contributed by atoms with Crippen molar-refractivity contribution in [2.75, 3.05) is 31.5 Å². The van der Waals surface area contributed by atoms with E-state index in [0.29, 0.717) is 12.2 Å². The van der Waals surface area contributed by atoms with Gasteiger partial charge in [0.25, 0.3) is 5.69 Å². The van der Waals surface area contributed by atoms with Crippen molar-refractivity contribution in [2.45, 2.75) is 13.8 Å². The minimum absolute atomic E-state index is 0.109. The Kier molecular flexibility index (Phi) is 6.07. The van der Waals surface area contributed by atoms with E-state index in [1.165, 1.54) is 6.07 Å². The van der Waals surface area contributed by atoms with Crippen LogP contribution in [0.15, 0.2) is 22.7 Å². The predicted molar refractivity (Wildman–Crippen MR) is 77.1 cm³/mol. The number of halogens is 1. The SMILES string of the molecule is CCN(CC)CCNc1cc(Br)ccc1[N+](=O)[O-]. The van der Waals surface area contributed by atoms with E-state index in [0.717, 1.165) is 24.1 Å². The van der Waals surface area contributed by atoms with Gasteiger partial charge in [-0.2, -0.15) is 0 Å². The van der Waals surface area contributed by atoms with Crippen molar-refractivity contribution >= 4 is 27.3 Å². The first-order valence-corrected chi connectivity index (χ1v) is 6.78. The summed E-state index contributed by atoms with van der Waals surface area (Å²) in [7, 11) is 0. The van der Waals surface area contributed by atoms with Gasteiger partial charge in [0.15, 0.2) is 0 Å². The summed E-state index contributed by atoms with van der Waals surface area (Å²) in [6.45, 7) is 7.74. The number of anilines is 1. The Morgan fingerprint density at radius 3 is 2.61 bits per heavy atom. The lowest BCUT2D eigenvalue weighted by Gasteiger charge is -2.18. The van der Waals surface area contributed by atoms with Crippen LogP contribution in [0.3, 0.4) is 0 Å². The maximum Gasteiger partial charge on any atom is 0.292 e. The van der Waals surface area contributed by atoms with Crippen molar-refractivity contribution in [1.82, 2.24) is 4.90 Å². The number of likely N-dealkylation sites (N-methyl/N-ethyl adjacent to an activating group) is 1. The van der Waals surface area contributed by atoms with E-state index in [1.54, 1.807) is 12.1 Å². The molecule has 0 spiro atoms. The van der Waals surface area contributed by atoms with Gasteiger partial charge in [-0.1, -0.05) is 29.8 Å². The number of hydrogen-bond donors (Lipinski definition) is 1. The highest BCUT2D eigenvalue weighted by Crippen LogP contribution is 2.27. The fourth-order valence-electron chi connectivity index (χ4n) is 1.70. The molecule has 0 amide bonds. The Morgan fingerprint density at radius 1 is 1.39 bits per heavy atom.